The quantitative estimate of drug-likeness (QED) is 0.669. The molecule has 0 aliphatic carbocycles. The minimum atomic E-state index is 0.713. The molecule has 0 bridgehead atoms. The van der Waals surface area contributed by atoms with Gasteiger partial charge < -0.3 is 0 Å². The van der Waals surface area contributed by atoms with Gasteiger partial charge in [-0.05, 0) is 36.2 Å². The van der Waals surface area contributed by atoms with Crippen molar-refractivity contribution in [2.45, 2.75) is 6.92 Å². The first-order chi connectivity index (χ1) is 9.24. The molecule has 2 aromatic carbocycles. The summed E-state index contributed by atoms with van der Waals surface area (Å²) < 4.78 is 1.84. The molecule has 0 amide bonds. The van der Waals surface area contributed by atoms with Gasteiger partial charge in [-0.25, -0.2) is 4.68 Å². The van der Waals surface area contributed by atoms with E-state index in [1.54, 1.807) is 0 Å². The van der Waals surface area contributed by atoms with E-state index >= 15 is 0 Å². The van der Waals surface area contributed by atoms with Crippen LogP contribution in [0.1, 0.15) is 5.56 Å². The molecule has 3 rings (SSSR count). The van der Waals surface area contributed by atoms with Crippen LogP contribution in [0.5, 0.6) is 0 Å². The molecule has 0 unspecified atom stereocenters. The third-order valence-corrected chi connectivity index (χ3v) is 3.35. The predicted molar refractivity (Wildman–Crippen MR) is 78.7 cm³/mol. The first kappa shape index (κ1) is 12.0. The molecule has 0 N–H and O–H groups in total. The lowest BCUT2D eigenvalue weighted by atomic mass is 10.0. The number of rotatable bonds is 2. The molecule has 3 heteroatoms. The van der Waals surface area contributed by atoms with Gasteiger partial charge >= 0.3 is 0 Å². The molecule has 94 valence electrons. The number of hydrogen-bond acceptors (Lipinski definition) is 1. The third kappa shape index (κ3) is 2.40. The molecule has 0 fully saturated rings. The van der Waals surface area contributed by atoms with Gasteiger partial charge in [-0.2, -0.15) is 5.10 Å². The Kier molecular flexibility index (Phi) is 3.10. The van der Waals surface area contributed by atoms with Gasteiger partial charge in [0.2, 0.25) is 0 Å². The number of benzene rings is 2. The van der Waals surface area contributed by atoms with Gasteiger partial charge in [0.15, 0.2) is 0 Å². The summed E-state index contributed by atoms with van der Waals surface area (Å²) in [5.74, 6) is 0. The minimum absolute atomic E-state index is 0.713. The number of aromatic nitrogens is 2. The van der Waals surface area contributed by atoms with E-state index in [0.717, 1.165) is 11.3 Å². The van der Waals surface area contributed by atoms with Crippen molar-refractivity contribution in [1.29, 1.82) is 0 Å². The Morgan fingerprint density at radius 2 is 1.89 bits per heavy atom. The van der Waals surface area contributed by atoms with Crippen LogP contribution in [0, 0.1) is 6.92 Å². The first-order valence-electron chi connectivity index (χ1n) is 6.11. The Hall–Kier alpha value is -2.06. The first-order valence-corrected chi connectivity index (χ1v) is 6.48. The average Bonchev–Trinajstić information content (AvgIpc) is 2.89. The SMILES string of the molecule is Cc1ccccc1-c1cnn(-c2cccc(Cl)c2)c1. The summed E-state index contributed by atoms with van der Waals surface area (Å²) in [6, 6.07) is 16.0. The normalized spacial score (nSPS) is 10.6. The molecule has 1 heterocycles. The van der Waals surface area contributed by atoms with Crippen molar-refractivity contribution in [2.24, 2.45) is 0 Å². The Labute approximate surface area is 117 Å². The highest BCUT2D eigenvalue weighted by Gasteiger charge is 2.05. The summed E-state index contributed by atoms with van der Waals surface area (Å²) in [5.41, 5.74) is 4.52. The molecule has 0 radical (unpaired) electrons. The van der Waals surface area contributed by atoms with Gasteiger partial charge in [-0.3, -0.25) is 0 Å². The molecule has 0 aliphatic heterocycles. The van der Waals surface area contributed by atoms with Crippen LogP contribution >= 0.6 is 11.6 Å². The lowest BCUT2D eigenvalue weighted by Crippen LogP contribution is -1.93. The molecule has 3 aromatic rings. The zero-order valence-corrected chi connectivity index (χ0v) is 11.3. The van der Waals surface area contributed by atoms with Gasteiger partial charge in [-0.1, -0.05) is 41.9 Å². The Morgan fingerprint density at radius 1 is 1.05 bits per heavy atom. The van der Waals surface area contributed by atoms with Gasteiger partial charge in [-0.15, -0.1) is 0 Å². The van der Waals surface area contributed by atoms with Crippen molar-refractivity contribution in [3.63, 3.8) is 0 Å². The van der Waals surface area contributed by atoms with Gasteiger partial charge in [0, 0.05) is 16.8 Å². The standard InChI is InChI=1S/C16H13ClN2/c1-12-5-2-3-8-16(12)13-10-18-19(11-13)15-7-4-6-14(17)9-15/h2-11H,1H3. The van der Waals surface area contributed by atoms with E-state index in [9.17, 15) is 0 Å². The summed E-state index contributed by atoms with van der Waals surface area (Å²) in [6.07, 6.45) is 3.90. The van der Waals surface area contributed by atoms with E-state index in [1.807, 2.05) is 53.5 Å². The minimum Gasteiger partial charge on any atom is -0.240 e. The van der Waals surface area contributed by atoms with Crippen LogP contribution in [0.25, 0.3) is 16.8 Å². The molecular weight excluding hydrogens is 256 g/mol. The Bertz CT molecular complexity index is 716. The fraction of sp³-hybridized carbons (Fsp3) is 0.0625. The largest absolute Gasteiger partial charge is 0.240 e. The van der Waals surface area contributed by atoms with Crippen molar-refractivity contribution >= 4 is 11.6 Å². The molecule has 1 aromatic heterocycles. The Balaban J connectivity index is 2.03. The number of halogens is 1. The van der Waals surface area contributed by atoms with Crippen LogP contribution in [-0.2, 0) is 0 Å². The molecule has 0 saturated heterocycles. The predicted octanol–water partition coefficient (Wildman–Crippen LogP) is 4.50. The lowest BCUT2D eigenvalue weighted by molar-refractivity contribution is 0.881. The van der Waals surface area contributed by atoms with Crippen LogP contribution < -0.4 is 0 Å². The molecule has 0 atom stereocenters. The highest BCUT2D eigenvalue weighted by atomic mass is 35.5. The zero-order valence-electron chi connectivity index (χ0n) is 10.5. The fourth-order valence-corrected chi connectivity index (χ4v) is 2.30. The fourth-order valence-electron chi connectivity index (χ4n) is 2.12. The van der Waals surface area contributed by atoms with Gasteiger partial charge in [0.05, 0.1) is 11.9 Å². The average molecular weight is 269 g/mol. The second kappa shape index (κ2) is 4.90. The third-order valence-electron chi connectivity index (χ3n) is 3.11. The summed E-state index contributed by atoms with van der Waals surface area (Å²) in [4.78, 5) is 0. The van der Waals surface area contributed by atoms with E-state index in [4.69, 9.17) is 11.6 Å². The second-order valence-electron chi connectivity index (χ2n) is 4.47. The van der Waals surface area contributed by atoms with Crippen LogP contribution in [0.4, 0.5) is 0 Å². The van der Waals surface area contributed by atoms with Crippen molar-refractivity contribution in [2.75, 3.05) is 0 Å². The second-order valence-corrected chi connectivity index (χ2v) is 4.90. The maximum atomic E-state index is 6.00. The molecule has 19 heavy (non-hydrogen) atoms. The summed E-state index contributed by atoms with van der Waals surface area (Å²) in [5, 5.41) is 5.12. The monoisotopic (exact) mass is 268 g/mol. The topological polar surface area (TPSA) is 17.8 Å². The molecule has 2 nitrogen and oxygen atoms in total. The number of nitrogens with zero attached hydrogens (tertiary/aromatic N) is 2. The summed E-state index contributed by atoms with van der Waals surface area (Å²) >= 11 is 6.00. The van der Waals surface area contributed by atoms with Crippen molar-refractivity contribution in [3.05, 3.63) is 71.5 Å². The molecule has 0 aliphatic rings. The zero-order chi connectivity index (χ0) is 13.2. The van der Waals surface area contributed by atoms with E-state index in [-0.39, 0.29) is 0 Å². The van der Waals surface area contributed by atoms with Crippen LogP contribution in [0.2, 0.25) is 5.02 Å². The smallest absolute Gasteiger partial charge is 0.0660 e. The van der Waals surface area contributed by atoms with E-state index in [0.29, 0.717) is 5.02 Å². The summed E-state index contributed by atoms with van der Waals surface area (Å²) in [6.45, 7) is 2.10. The molecule has 0 spiro atoms. The lowest BCUT2D eigenvalue weighted by Gasteiger charge is -2.02. The van der Waals surface area contributed by atoms with Crippen LogP contribution in [0.3, 0.4) is 0 Å². The van der Waals surface area contributed by atoms with Crippen molar-refractivity contribution in [1.82, 2.24) is 9.78 Å². The maximum Gasteiger partial charge on any atom is 0.0660 e. The molecular formula is C16H13ClN2. The van der Waals surface area contributed by atoms with E-state index < -0.39 is 0 Å². The number of aryl methyl sites for hydroxylation is 1. The van der Waals surface area contributed by atoms with Crippen molar-refractivity contribution in [3.8, 4) is 16.8 Å². The van der Waals surface area contributed by atoms with Gasteiger partial charge in [0.25, 0.3) is 0 Å². The highest BCUT2D eigenvalue weighted by molar-refractivity contribution is 6.30. The van der Waals surface area contributed by atoms with E-state index in [1.165, 1.54) is 11.1 Å². The van der Waals surface area contributed by atoms with Crippen LogP contribution in [-0.4, -0.2) is 9.78 Å². The highest BCUT2D eigenvalue weighted by Crippen LogP contribution is 2.24. The maximum absolute atomic E-state index is 6.00. The van der Waals surface area contributed by atoms with Gasteiger partial charge in [0.1, 0.15) is 0 Å². The Morgan fingerprint density at radius 3 is 2.68 bits per heavy atom. The summed E-state index contributed by atoms with van der Waals surface area (Å²) in [7, 11) is 0. The number of hydrogen-bond donors (Lipinski definition) is 0. The van der Waals surface area contributed by atoms with Crippen molar-refractivity contribution < 1.29 is 0 Å². The van der Waals surface area contributed by atoms with Crippen LogP contribution in [0.15, 0.2) is 60.9 Å². The molecule has 0 saturated carbocycles. The van der Waals surface area contributed by atoms with E-state index in [2.05, 4.69) is 24.2 Å².